The highest BCUT2D eigenvalue weighted by molar-refractivity contribution is 7.90. The summed E-state index contributed by atoms with van der Waals surface area (Å²) in [5.74, 6) is -0.620. The second kappa shape index (κ2) is 14.0. The maximum Gasteiger partial charge on any atom is 0.428 e. The summed E-state index contributed by atoms with van der Waals surface area (Å²) in [6.07, 6.45) is 1.05. The number of hydrogen-bond donors (Lipinski definition) is 4. The van der Waals surface area contributed by atoms with Crippen LogP contribution in [0.2, 0.25) is 38.3 Å². The number of nitrogens with one attached hydrogen (secondary N) is 2. The molecule has 0 aliphatic rings. The van der Waals surface area contributed by atoms with Crippen molar-refractivity contribution in [3.05, 3.63) is 70.6 Å². The van der Waals surface area contributed by atoms with Gasteiger partial charge in [-0.1, -0.05) is 48.5 Å². The molecule has 0 radical (unpaired) electrons. The van der Waals surface area contributed by atoms with Crippen LogP contribution < -0.4 is 9.44 Å². The second-order valence-electron chi connectivity index (χ2n) is 12.4. The molecule has 4 rings (SSSR count). The molecule has 0 aliphatic heterocycles. The number of benzene rings is 4. The fraction of sp³-hybridized carbons (Fsp3) is 0.333. The predicted molar refractivity (Wildman–Crippen MR) is 186 cm³/mol. The van der Waals surface area contributed by atoms with Crippen molar-refractivity contribution in [2.45, 2.75) is 60.9 Å². The van der Waals surface area contributed by atoms with E-state index in [4.69, 9.17) is 4.12 Å². The summed E-state index contributed by atoms with van der Waals surface area (Å²) in [7, 11) is -12.4. The molecule has 0 spiro atoms. The van der Waals surface area contributed by atoms with E-state index >= 15 is 0 Å². The SMILES string of the molecule is C[Si](C)(CCCNS(=O)(=O)c1cc([N+]#N)c(O)c2ccccc12)O[Si](C)(C)CCCNS(=O)(=O)c1cc([N+]#N)c(O)c2ccccc12. The number of fused-ring (bicyclic) bond motifs is 2. The van der Waals surface area contributed by atoms with Crippen LogP contribution in [0, 0.1) is 10.8 Å². The molecule has 0 aromatic heterocycles. The van der Waals surface area contributed by atoms with Crippen LogP contribution >= 0.6 is 0 Å². The third-order valence-corrected chi connectivity index (χ3v) is 18.3. The van der Waals surface area contributed by atoms with Crippen molar-refractivity contribution in [1.82, 2.24) is 9.44 Å². The lowest BCUT2D eigenvalue weighted by Crippen LogP contribution is -2.45. The standard InChI is InChI=1S/C30H36N6O7S2Si2/c1-46(2,17-9-15-33-44(39,40)27-19-25(35-31)29(37)23-13-7-5-11-21(23)27)43-47(3,4)18-10-16-34-45(41,42)28-20-26(36-32)30(38)24-14-8-6-12-22(24)28/h5-8,11-14,19-20,33-34H,9-10,15-18H2,1-4H3/p+2. The number of phenols is 2. The zero-order valence-corrected chi connectivity index (χ0v) is 30.2. The lowest BCUT2D eigenvalue weighted by molar-refractivity contribution is 0.483. The molecule has 13 nitrogen and oxygen atoms in total. The molecule has 0 bridgehead atoms. The van der Waals surface area contributed by atoms with Crippen molar-refractivity contribution in [1.29, 1.82) is 10.8 Å². The largest absolute Gasteiger partial charge is 0.501 e. The Bertz CT molecular complexity index is 1980. The van der Waals surface area contributed by atoms with Crippen molar-refractivity contribution in [3.63, 3.8) is 0 Å². The van der Waals surface area contributed by atoms with Gasteiger partial charge in [-0.05, 0) is 51.1 Å². The first-order chi connectivity index (χ1) is 22.0. The number of phenolic OH excluding ortho intramolecular Hbond substituents is 2. The zero-order valence-electron chi connectivity index (χ0n) is 26.6. The summed E-state index contributed by atoms with van der Waals surface area (Å²) >= 11 is 0. The lowest BCUT2D eigenvalue weighted by atomic mass is 10.1. The smallest absolute Gasteiger partial charge is 0.428 e. The predicted octanol–water partition coefficient (Wildman–Crippen LogP) is 6.84. The number of rotatable bonds is 14. The molecule has 0 saturated carbocycles. The molecule has 0 amide bonds. The van der Waals surface area contributed by atoms with Crippen LogP contribution in [-0.2, 0) is 24.2 Å². The Balaban J connectivity index is 1.31. The number of nitrogens with zero attached hydrogens (tertiary/aromatic N) is 4. The number of aromatic hydroxyl groups is 2. The minimum atomic E-state index is -3.99. The van der Waals surface area contributed by atoms with E-state index in [9.17, 15) is 37.8 Å². The quantitative estimate of drug-likeness (QED) is 0.0614. The Labute approximate surface area is 276 Å². The number of hydrogen-bond acceptors (Lipinski definition) is 9. The van der Waals surface area contributed by atoms with Gasteiger partial charge in [0.2, 0.25) is 42.3 Å². The van der Waals surface area contributed by atoms with Gasteiger partial charge in [-0.3, -0.25) is 0 Å². The average molecular weight is 715 g/mol. The van der Waals surface area contributed by atoms with Crippen molar-refractivity contribution in [2.75, 3.05) is 13.1 Å². The molecule has 0 atom stereocenters. The van der Waals surface area contributed by atoms with Crippen molar-refractivity contribution >= 4 is 69.6 Å². The van der Waals surface area contributed by atoms with E-state index in [1.54, 1.807) is 48.5 Å². The van der Waals surface area contributed by atoms with E-state index in [1.807, 2.05) is 0 Å². The van der Waals surface area contributed by atoms with E-state index in [0.29, 0.717) is 35.7 Å². The summed E-state index contributed by atoms with van der Waals surface area (Å²) in [5, 5.41) is 40.3. The molecule has 4 aromatic rings. The topological polar surface area (TPSA) is 198 Å². The third-order valence-electron chi connectivity index (χ3n) is 7.76. The van der Waals surface area contributed by atoms with Gasteiger partial charge in [-0.2, -0.15) is 0 Å². The maximum atomic E-state index is 13.2. The zero-order chi connectivity index (χ0) is 34.6. The summed E-state index contributed by atoms with van der Waals surface area (Å²) < 4.78 is 64.6. The molecule has 17 heteroatoms. The molecule has 47 heavy (non-hydrogen) atoms. The van der Waals surface area contributed by atoms with E-state index < -0.39 is 36.7 Å². The molecule has 4 N–H and O–H groups in total. The van der Waals surface area contributed by atoms with Crippen LogP contribution in [0.1, 0.15) is 12.8 Å². The fourth-order valence-electron chi connectivity index (χ4n) is 5.67. The number of diazo groups is 2. The van der Waals surface area contributed by atoms with E-state index in [0.717, 1.165) is 12.1 Å². The Kier molecular flexibility index (Phi) is 10.7. The normalized spacial score (nSPS) is 12.6. The fourth-order valence-corrected chi connectivity index (χ4v) is 17.1. The summed E-state index contributed by atoms with van der Waals surface area (Å²) in [4.78, 5) is 5.86. The van der Waals surface area contributed by atoms with Crippen LogP contribution in [0.25, 0.3) is 31.5 Å². The molecule has 0 saturated heterocycles. The first-order valence-electron chi connectivity index (χ1n) is 14.9. The van der Waals surface area contributed by atoms with Gasteiger partial charge in [0, 0.05) is 34.6 Å². The summed E-state index contributed by atoms with van der Waals surface area (Å²) in [5.41, 5.74) is -0.488. The van der Waals surface area contributed by atoms with Crippen LogP contribution in [0.5, 0.6) is 11.5 Å². The first-order valence-corrected chi connectivity index (χ1v) is 24.1. The van der Waals surface area contributed by atoms with Crippen LogP contribution in [0.4, 0.5) is 11.4 Å². The highest BCUT2D eigenvalue weighted by Crippen LogP contribution is 2.40. The van der Waals surface area contributed by atoms with Crippen LogP contribution in [0.3, 0.4) is 0 Å². The highest BCUT2D eigenvalue weighted by Gasteiger charge is 2.33. The Hall–Kier alpha value is -3.95. The van der Waals surface area contributed by atoms with E-state index in [-0.39, 0.29) is 56.5 Å². The Morgan fingerprint density at radius 1 is 0.660 bits per heavy atom. The minimum Gasteiger partial charge on any atom is -0.501 e. The number of sulfonamides is 2. The van der Waals surface area contributed by atoms with Crippen LogP contribution in [-0.4, -0.2) is 56.8 Å². The van der Waals surface area contributed by atoms with Gasteiger partial charge in [-0.25, -0.2) is 26.3 Å². The average Bonchev–Trinajstić information content (AvgIpc) is 3.01. The highest BCUT2D eigenvalue weighted by atomic mass is 32.2. The first kappa shape index (κ1) is 35.9. The molecular formula is C30H38N6O7S2Si2+2. The van der Waals surface area contributed by atoms with Gasteiger partial charge in [-0.15, -0.1) is 0 Å². The molecule has 0 heterocycles. The van der Waals surface area contributed by atoms with Crippen molar-refractivity contribution < 1.29 is 31.2 Å². The van der Waals surface area contributed by atoms with Gasteiger partial charge in [0.25, 0.3) is 0 Å². The van der Waals surface area contributed by atoms with Crippen LogP contribution in [0.15, 0.2) is 70.5 Å². The monoisotopic (exact) mass is 714 g/mol. The van der Waals surface area contributed by atoms with E-state index in [1.165, 1.54) is 0 Å². The van der Waals surface area contributed by atoms with Crippen molar-refractivity contribution in [2.24, 2.45) is 0 Å². The molecule has 4 aromatic carbocycles. The maximum absolute atomic E-state index is 13.2. The molecular weight excluding hydrogens is 677 g/mol. The van der Waals surface area contributed by atoms with E-state index in [2.05, 4.69) is 45.6 Å². The van der Waals surface area contributed by atoms with Crippen molar-refractivity contribution in [3.8, 4) is 11.5 Å². The Morgan fingerprint density at radius 3 is 1.34 bits per heavy atom. The molecule has 0 aliphatic carbocycles. The van der Waals surface area contributed by atoms with Gasteiger partial charge < -0.3 is 14.3 Å². The van der Waals surface area contributed by atoms with Gasteiger partial charge in [0.05, 0.1) is 21.9 Å². The van der Waals surface area contributed by atoms with Gasteiger partial charge >= 0.3 is 11.4 Å². The van der Waals surface area contributed by atoms with Gasteiger partial charge in [0.1, 0.15) is 0 Å². The second-order valence-corrected chi connectivity index (χ2v) is 24.7. The molecule has 248 valence electrons. The third kappa shape index (κ3) is 8.32. The summed E-state index contributed by atoms with van der Waals surface area (Å²) in [6, 6.07) is 16.5. The summed E-state index contributed by atoms with van der Waals surface area (Å²) in [6.45, 7) is 8.60. The molecule has 0 unspecified atom stereocenters. The van der Waals surface area contributed by atoms with Gasteiger partial charge in [0.15, 0.2) is 26.6 Å². The Morgan fingerprint density at radius 2 is 1.00 bits per heavy atom. The molecule has 0 fully saturated rings. The minimum absolute atomic E-state index is 0.0990. The lowest BCUT2D eigenvalue weighted by Gasteiger charge is -2.34.